The van der Waals surface area contributed by atoms with E-state index >= 15 is 0 Å². The molecule has 4 fully saturated rings. The van der Waals surface area contributed by atoms with Gasteiger partial charge < -0.3 is 5.32 Å². The molecule has 1 N–H and O–H groups in total. The van der Waals surface area contributed by atoms with Crippen LogP contribution in [0.5, 0.6) is 0 Å². The van der Waals surface area contributed by atoms with Crippen LogP contribution in [0.3, 0.4) is 0 Å². The van der Waals surface area contributed by atoms with Crippen LogP contribution in [0.15, 0.2) is 30.5 Å². The lowest BCUT2D eigenvalue weighted by molar-refractivity contribution is -0.385. The highest BCUT2D eigenvalue weighted by Crippen LogP contribution is 2.58. The molecular weight excluding hydrogens is 368 g/mol. The van der Waals surface area contributed by atoms with Crippen molar-refractivity contribution in [3.63, 3.8) is 0 Å². The van der Waals surface area contributed by atoms with E-state index in [0.717, 1.165) is 25.7 Å². The Bertz CT molecular complexity index is 928. The second-order valence-corrected chi connectivity index (χ2v) is 9.21. The summed E-state index contributed by atoms with van der Waals surface area (Å²) in [5.41, 5.74) is 1.33. The second-order valence-electron chi connectivity index (χ2n) is 9.21. The van der Waals surface area contributed by atoms with Gasteiger partial charge in [-0.15, -0.1) is 0 Å². The van der Waals surface area contributed by atoms with Crippen molar-refractivity contribution in [2.75, 3.05) is 5.32 Å². The zero-order valence-corrected chi connectivity index (χ0v) is 16.6. The van der Waals surface area contributed by atoms with Crippen LogP contribution in [-0.4, -0.2) is 20.6 Å². The fourth-order valence-corrected chi connectivity index (χ4v) is 6.26. The van der Waals surface area contributed by atoms with Gasteiger partial charge in [-0.25, -0.2) is 0 Å². The third-order valence-corrected chi connectivity index (χ3v) is 7.22. The number of nitrogens with zero attached hydrogens (tertiary/aromatic N) is 3. The first-order valence-electron chi connectivity index (χ1n) is 10.6. The van der Waals surface area contributed by atoms with Gasteiger partial charge in [-0.1, -0.05) is 19.1 Å². The zero-order valence-electron chi connectivity index (χ0n) is 16.6. The molecule has 6 rings (SSSR count). The maximum atomic E-state index is 12.8. The molecule has 0 aliphatic heterocycles. The summed E-state index contributed by atoms with van der Waals surface area (Å²) in [6.45, 7) is 2.06. The number of nitrogens with one attached hydrogen (secondary N) is 1. The van der Waals surface area contributed by atoms with Crippen molar-refractivity contribution < 1.29 is 9.72 Å². The van der Waals surface area contributed by atoms with Crippen molar-refractivity contribution in [2.24, 2.45) is 17.8 Å². The van der Waals surface area contributed by atoms with Crippen LogP contribution in [-0.2, 0) is 12.0 Å². The lowest BCUT2D eigenvalue weighted by atomic mass is 9.53. The van der Waals surface area contributed by atoms with Crippen LogP contribution in [0.1, 0.15) is 61.5 Å². The smallest absolute Gasteiger partial charge is 0.320 e. The molecule has 1 aromatic heterocycles. The number of carbonyl (C=O) groups is 1. The van der Waals surface area contributed by atoms with E-state index in [0.29, 0.717) is 23.4 Å². The molecule has 1 amide bonds. The molecule has 0 radical (unpaired) electrons. The largest absolute Gasteiger partial charge is 0.320 e. The molecule has 7 nitrogen and oxygen atoms in total. The highest BCUT2D eigenvalue weighted by Gasteiger charge is 2.53. The Balaban J connectivity index is 1.45. The molecule has 0 saturated heterocycles. The molecule has 1 heterocycles. The zero-order chi connectivity index (χ0) is 20.2. The molecule has 29 heavy (non-hydrogen) atoms. The summed E-state index contributed by atoms with van der Waals surface area (Å²) in [6, 6.07) is 7.52. The van der Waals surface area contributed by atoms with Crippen molar-refractivity contribution >= 4 is 17.3 Å². The molecule has 1 aromatic carbocycles. The number of hydrogen-bond acceptors (Lipinski definition) is 4. The summed E-state index contributed by atoms with van der Waals surface area (Å²) >= 11 is 0. The van der Waals surface area contributed by atoms with Crippen LogP contribution in [0.25, 0.3) is 0 Å². The summed E-state index contributed by atoms with van der Waals surface area (Å²) in [4.78, 5) is 24.0. The van der Waals surface area contributed by atoms with Gasteiger partial charge in [0.2, 0.25) is 5.69 Å². The van der Waals surface area contributed by atoms with E-state index in [1.54, 1.807) is 4.68 Å². The van der Waals surface area contributed by atoms with Crippen LogP contribution >= 0.6 is 0 Å². The first-order valence-corrected chi connectivity index (χ1v) is 10.6. The monoisotopic (exact) mass is 394 g/mol. The molecular formula is C22H26N4O3. The molecule has 2 aromatic rings. The van der Waals surface area contributed by atoms with E-state index in [1.807, 2.05) is 24.3 Å². The van der Waals surface area contributed by atoms with E-state index in [-0.39, 0.29) is 16.9 Å². The Morgan fingerprint density at radius 2 is 1.76 bits per heavy atom. The van der Waals surface area contributed by atoms with E-state index in [1.165, 1.54) is 31.0 Å². The summed E-state index contributed by atoms with van der Waals surface area (Å²) in [5, 5.41) is 19.0. The van der Waals surface area contributed by atoms with Gasteiger partial charge in [-0.2, -0.15) is 5.10 Å². The van der Waals surface area contributed by atoms with Crippen molar-refractivity contribution in [2.45, 2.75) is 57.4 Å². The highest BCUT2D eigenvalue weighted by atomic mass is 16.6. The maximum absolute atomic E-state index is 12.8. The number of aromatic nitrogens is 2. The fourth-order valence-electron chi connectivity index (χ4n) is 6.26. The van der Waals surface area contributed by atoms with Crippen molar-refractivity contribution in [1.29, 1.82) is 0 Å². The fraction of sp³-hybridized carbons (Fsp3) is 0.545. The minimum Gasteiger partial charge on any atom is -0.320 e. The molecule has 4 bridgehead atoms. The summed E-state index contributed by atoms with van der Waals surface area (Å²) in [7, 11) is 0. The van der Waals surface area contributed by atoms with Gasteiger partial charge in [0.25, 0.3) is 5.91 Å². The van der Waals surface area contributed by atoms with Crippen molar-refractivity contribution in [3.8, 4) is 0 Å². The number of benzene rings is 1. The summed E-state index contributed by atoms with van der Waals surface area (Å²) in [5.74, 6) is 1.56. The van der Waals surface area contributed by atoms with Crippen LogP contribution in [0, 0.1) is 27.9 Å². The average molecular weight is 394 g/mol. The second kappa shape index (κ2) is 6.68. The Hall–Kier alpha value is -2.70. The number of amides is 1. The lowest BCUT2D eigenvalue weighted by Gasteiger charge is -2.56. The predicted molar refractivity (Wildman–Crippen MR) is 109 cm³/mol. The molecule has 4 aliphatic carbocycles. The minimum absolute atomic E-state index is 0.0923. The number of hydrogen-bond donors (Lipinski definition) is 1. The number of rotatable bonds is 5. The van der Waals surface area contributed by atoms with Gasteiger partial charge in [-0.3, -0.25) is 19.6 Å². The average Bonchev–Trinajstić information content (AvgIpc) is 3.14. The minimum atomic E-state index is -0.524. The summed E-state index contributed by atoms with van der Waals surface area (Å²) < 4.78 is 1.78. The molecule has 4 saturated carbocycles. The van der Waals surface area contributed by atoms with Gasteiger partial charge in [0.15, 0.2) is 0 Å². The van der Waals surface area contributed by atoms with Gasteiger partial charge in [0.1, 0.15) is 6.20 Å². The summed E-state index contributed by atoms with van der Waals surface area (Å²) in [6.07, 6.45) is 9.33. The first kappa shape index (κ1) is 18.3. The van der Waals surface area contributed by atoms with Gasteiger partial charge in [0, 0.05) is 5.69 Å². The highest BCUT2D eigenvalue weighted by molar-refractivity contribution is 6.05. The van der Waals surface area contributed by atoms with E-state index in [2.05, 4.69) is 17.3 Å². The number of anilines is 1. The first-order chi connectivity index (χ1) is 14.0. The van der Waals surface area contributed by atoms with Crippen molar-refractivity contribution in [1.82, 2.24) is 9.78 Å². The normalized spacial score (nSPS) is 29.8. The van der Waals surface area contributed by atoms with Crippen LogP contribution < -0.4 is 5.32 Å². The van der Waals surface area contributed by atoms with Gasteiger partial charge in [0.05, 0.1) is 10.5 Å². The van der Waals surface area contributed by atoms with Crippen LogP contribution in [0.4, 0.5) is 11.4 Å². The molecule has 7 heteroatoms. The lowest BCUT2D eigenvalue weighted by Crippen LogP contribution is -2.52. The molecule has 0 spiro atoms. The molecule has 0 unspecified atom stereocenters. The Morgan fingerprint density at radius 1 is 1.17 bits per heavy atom. The number of nitro groups is 1. The third kappa shape index (κ3) is 3.12. The Kier molecular flexibility index (Phi) is 4.22. The van der Waals surface area contributed by atoms with Gasteiger partial charge in [-0.05, 0) is 80.4 Å². The maximum Gasteiger partial charge on any atom is 0.320 e. The van der Waals surface area contributed by atoms with Crippen LogP contribution in [0.2, 0.25) is 0 Å². The molecule has 0 atom stereocenters. The van der Waals surface area contributed by atoms with Gasteiger partial charge >= 0.3 is 5.69 Å². The number of carbonyl (C=O) groups excluding carboxylic acids is 1. The Labute approximate surface area is 169 Å². The topological polar surface area (TPSA) is 90.1 Å². The molecule has 152 valence electrons. The standard InChI is InChI=1S/C22H26N4O3/c1-2-14-3-5-18(6-4-14)23-21(27)20-19(26(28)29)13-25(24-20)22-10-15-7-16(11-22)9-17(8-15)12-22/h3-6,13,15-17H,2,7-12H2,1H3,(H,23,27). The predicted octanol–water partition coefficient (Wildman–Crippen LogP) is 4.53. The quantitative estimate of drug-likeness (QED) is 0.596. The van der Waals surface area contributed by atoms with E-state index in [4.69, 9.17) is 0 Å². The van der Waals surface area contributed by atoms with E-state index < -0.39 is 10.8 Å². The SMILES string of the molecule is CCc1ccc(NC(=O)c2nn(C34CC5CC(CC(C5)C3)C4)cc2[N+](=O)[O-])cc1. The molecule has 4 aliphatic rings. The van der Waals surface area contributed by atoms with E-state index in [9.17, 15) is 14.9 Å². The Morgan fingerprint density at radius 3 is 2.28 bits per heavy atom. The number of aryl methyl sites for hydroxylation is 1. The van der Waals surface area contributed by atoms with Crippen molar-refractivity contribution in [3.05, 3.63) is 51.8 Å². The third-order valence-electron chi connectivity index (χ3n) is 7.22.